The number of Topliss-reactive ketones (excluding diaryl/α,β-unsaturated/α-hetero) is 1. The lowest BCUT2D eigenvalue weighted by Gasteiger charge is -2.23. The lowest BCUT2D eigenvalue weighted by atomic mass is 9.99. The number of aliphatic hydroxyl groups is 1. The third-order valence-corrected chi connectivity index (χ3v) is 5.67. The third-order valence-electron chi connectivity index (χ3n) is 4.59. The Hall–Kier alpha value is -3.13. The average Bonchev–Trinajstić information content (AvgIpc) is 3.41. The van der Waals surface area contributed by atoms with Crippen LogP contribution in [0.5, 0.6) is 0 Å². The first-order chi connectivity index (χ1) is 13.4. The molecule has 0 aromatic carbocycles. The Morgan fingerprint density at radius 1 is 1.29 bits per heavy atom. The minimum atomic E-state index is -0.847. The predicted molar refractivity (Wildman–Crippen MR) is 101 cm³/mol. The summed E-state index contributed by atoms with van der Waals surface area (Å²) in [7, 11) is 0. The molecule has 7 nitrogen and oxygen atoms in total. The van der Waals surface area contributed by atoms with Gasteiger partial charge in [0.1, 0.15) is 23.3 Å². The van der Waals surface area contributed by atoms with Gasteiger partial charge in [0, 0.05) is 0 Å². The lowest BCUT2D eigenvalue weighted by Crippen LogP contribution is -2.30. The molecule has 1 amide bonds. The fraction of sp³-hybridized carbons (Fsp3) is 0.250. The normalized spacial score (nSPS) is 17.0. The van der Waals surface area contributed by atoms with E-state index < -0.39 is 23.5 Å². The molecule has 0 fully saturated rings. The molecule has 0 saturated heterocycles. The quantitative estimate of drug-likeness (QED) is 0.652. The monoisotopic (exact) mass is 398 g/mol. The predicted octanol–water partition coefficient (Wildman–Crippen LogP) is 4.03. The number of rotatable bonds is 5. The van der Waals surface area contributed by atoms with E-state index >= 15 is 0 Å². The molecule has 0 spiro atoms. The van der Waals surface area contributed by atoms with Crippen LogP contribution in [0.4, 0.5) is 0 Å². The summed E-state index contributed by atoms with van der Waals surface area (Å²) in [4.78, 5) is 32.2. The zero-order valence-electron chi connectivity index (χ0n) is 15.6. The van der Waals surface area contributed by atoms with E-state index in [0.717, 1.165) is 5.01 Å². The highest BCUT2D eigenvalue weighted by atomic mass is 32.1. The number of ketones is 1. The van der Waals surface area contributed by atoms with Crippen LogP contribution in [0.25, 0.3) is 0 Å². The Balaban J connectivity index is 1.81. The summed E-state index contributed by atoms with van der Waals surface area (Å²) < 4.78 is 11.1. The van der Waals surface area contributed by atoms with Crippen LogP contribution in [-0.4, -0.2) is 26.7 Å². The van der Waals surface area contributed by atoms with Crippen LogP contribution in [-0.2, 0) is 11.3 Å². The van der Waals surface area contributed by atoms with Gasteiger partial charge in [-0.1, -0.05) is 0 Å². The van der Waals surface area contributed by atoms with Crippen LogP contribution in [0, 0.1) is 20.8 Å². The molecule has 1 aliphatic rings. The van der Waals surface area contributed by atoms with Crippen LogP contribution >= 0.6 is 11.3 Å². The van der Waals surface area contributed by atoms with Crippen LogP contribution in [0.15, 0.2) is 50.7 Å². The molecule has 0 bridgehead atoms. The average molecular weight is 398 g/mol. The minimum Gasteiger partial charge on any atom is -0.503 e. The summed E-state index contributed by atoms with van der Waals surface area (Å²) in [6, 6.07) is 6.06. The van der Waals surface area contributed by atoms with Crippen molar-refractivity contribution in [2.75, 3.05) is 0 Å². The first kappa shape index (κ1) is 18.2. The molecule has 1 atom stereocenters. The molecule has 28 heavy (non-hydrogen) atoms. The number of thiazole rings is 1. The Morgan fingerprint density at radius 2 is 2.07 bits per heavy atom. The number of carbonyl (C=O) groups is 2. The van der Waals surface area contributed by atoms with Crippen molar-refractivity contribution in [1.29, 1.82) is 0 Å². The van der Waals surface area contributed by atoms with Crippen molar-refractivity contribution in [2.24, 2.45) is 0 Å². The van der Waals surface area contributed by atoms with E-state index in [1.54, 1.807) is 45.0 Å². The molecule has 0 aliphatic carbocycles. The zero-order chi connectivity index (χ0) is 20.0. The summed E-state index contributed by atoms with van der Waals surface area (Å²) in [6.45, 7) is 5.41. The molecule has 0 radical (unpaired) electrons. The number of aromatic nitrogens is 1. The number of carbonyl (C=O) groups excluding carboxylic acids is 2. The summed E-state index contributed by atoms with van der Waals surface area (Å²) in [5.74, 6) is -0.0475. The van der Waals surface area contributed by atoms with E-state index in [1.807, 2.05) is 0 Å². The number of nitrogens with zero attached hydrogens (tertiary/aromatic N) is 2. The van der Waals surface area contributed by atoms with E-state index in [1.165, 1.54) is 22.5 Å². The fourth-order valence-corrected chi connectivity index (χ4v) is 4.25. The van der Waals surface area contributed by atoms with Gasteiger partial charge in [0.2, 0.25) is 5.78 Å². The van der Waals surface area contributed by atoms with Crippen molar-refractivity contribution in [3.05, 3.63) is 74.7 Å². The van der Waals surface area contributed by atoms with Gasteiger partial charge in [-0.2, -0.15) is 0 Å². The molecule has 3 aromatic rings. The van der Waals surface area contributed by atoms with E-state index in [9.17, 15) is 14.7 Å². The highest BCUT2D eigenvalue weighted by Gasteiger charge is 2.46. The number of furan rings is 2. The number of aliphatic hydroxyl groups excluding tert-OH is 1. The molecule has 8 heteroatoms. The lowest BCUT2D eigenvalue weighted by molar-refractivity contribution is -0.130. The van der Waals surface area contributed by atoms with Gasteiger partial charge in [0.05, 0.1) is 34.0 Å². The first-order valence-electron chi connectivity index (χ1n) is 8.68. The maximum absolute atomic E-state index is 13.3. The highest BCUT2D eigenvalue weighted by Crippen LogP contribution is 2.41. The maximum Gasteiger partial charge on any atom is 0.290 e. The molecule has 4 heterocycles. The van der Waals surface area contributed by atoms with Crippen molar-refractivity contribution in [3.63, 3.8) is 0 Å². The second-order valence-electron chi connectivity index (χ2n) is 6.60. The Morgan fingerprint density at radius 3 is 2.64 bits per heavy atom. The molecular weight excluding hydrogens is 380 g/mol. The topological polar surface area (TPSA) is 96.8 Å². The van der Waals surface area contributed by atoms with Crippen molar-refractivity contribution in [1.82, 2.24) is 9.88 Å². The van der Waals surface area contributed by atoms with Crippen molar-refractivity contribution in [3.8, 4) is 0 Å². The van der Waals surface area contributed by atoms with E-state index in [0.29, 0.717) is 27.9 Å². The molecule has 1 aliphatic heterocycles. The van der Waals surface area contributed by atoms with Crippen molar-refractivity contribution >= 4 is 23.0 Å². The molecule has 3 aromatic heterocycles. The Kier molecular flexibility index (Phi) is 4.43. The number of amides is 1. The zero-order valence-corrected chi connectivity index (χ0v) is 16.4. The Labute approximate surface area is 164 Å². The van der Waals surface area contributed by atoms with Crippen LogP contribution in [0.1, 0.15) is 43.7 Å². The number of hydrogen-bond acceptors (Lipinski definition) is 7. The van der Waals surface area contributed by atoms with Crippen LogP contribution in [0.2, 0.25) is 0 Å². The molecule has 1 unspecified atom stereocenters. The summed E-state index contributed by atoms with van der Waals surface area (Å²) in [6.07, 6.45) is 1.50. The van der Waals surface area contributed by atoms with Crippen molar-refractivity contribution < 1.29 is 23.5 Å². The first-order valence-corrected chi connectivity index (χ1v) is 9.50. The van der Waals surface area contributed by atoms with E-state index in [4.69, 9.17) is 8.83 Å². The summed E-state index contributed by atoms with van der Waals surface area (Å²) in [5.41, 5.74) is 0.566. The second kappa shape index (κ2) is 6.79. The third kappa shape index (κ3) is 2.95. The summed E-state index contributed by atoms with van der Waals surface area (Å²) >= 11 is 1.24. The fourth-order valence-electron chi connectivity index (χ4n) is 3.38. The van der Waals surface area contributed by atoms with Gasteiger partial charge in [-0.25, -0.2) is 4.98 Å². The van der Waals surface area contributed by atoms with Gasteiger partial charge in [-0.05, 0) is 45.0 Å². The van der Waals surface area contributed by atoms with E-state index in [-0.39, 0.29) is 12.1 Å². The van der Waals surface area contributed by atoms with Gasteiger partial charge < -0.3 is 18.8 Å². The molecular formula is C20H18N2O5S. The Bertz CT molecular complexity index is 1090. The number of hydrogen-bond donors (Lipinski definition) is 1. The van der Waals surface area contributed by atoms with Crippen molar-refractivity contribution in [2.45, 2.75) is 33.4 Å². The summed E-state index contributed by atoms with van der Waals surface area (Å²) in [5, 5.41) is 11.3. The standard InChI is InChI=1S/C20H18N2O5S/c1-10-6-7-14(27-10)16-15(17(23)19-11(2)21-12(3)28-19)18(24)20(25)22(16)9-13-5-4-8-26-13/h4-8,16,24H,9H2,1-3H3. The van der Waals surface area contributed by atoms with Gasteiger partial charge in [0.25, 0.3) is 5.91 Å². The van der Waals surface area contributed by atoms with Gasteiger partial charge in [-0.3, -0.25) is 9.59 Å². The SMILES string of the molecule is Cc1ccc(C2C(C(=O)c3sc(C)nc3C)=C(O)C(=O)N2Cc2ccco2)o1. The number of aryl methyl sites for hydroxylation is 3. The second-order valence-corrected chi connectivity index (χ2v) is 7.81. The molecule has 144 valence electrons. The minimum absolute atomic E-state index is 0.00217. The van der Waals surface area contributed by atoms with E-state index in [2.05, 4.69) is 4.98 Å². The molecule has 4 rings (SSSR count). The van der Waals surface area contributed by atoms with Gasteiger partial charge in [-0.15, -0.1) is 11.3 Å². The van der Waals surface area contributed by atoms with Gasteiger partial charge >= 0.3 is 0 Å². The smallest absolute Gasteiger partial charge is 0.290 e. The highest BCUT2D eigenvalue weighted by molar-refractivity contribution is 7.14. The molecule has 0 saturated carbocycles. The van der Waals surface area contributed by atoms with Crippen LogP contribution in [0.3, 0.4) is 0 Å². The van der Waals surface area contributed by atoms with Crippen LogP contribution < -0.4 is 0 Å². The maximum atomic E-state index is 13.3. The molecule has 1 N–H and O–H groups in total. The largest absolute Gasteiger partial charge is 0.503 e. The van der Waals surface area contributed by atoms with Gasteiger partial charge in [0.15, 0.2) is 5.76 Å².